The van der Waals surface area contributed by atoms with E-state index in [9.17, 15) is 0 Å². The number of benzene rings is 2. The van der Waals surface area contributed by atoms with Gasteiger partial charge in [0.25, 0.3) is 0 Å². The Morgan fingerprint density at radius 3 is 2.59 bits per heavy atom. The lowest BCUT2D eigenvalue weighted by atomic mass is 10.2. The molecule has 0 bridgehead atoms. The normalized spacial score (nSPS) is 10.2. The highest BCUT2D eigenvalue weighted by Gasteiger charge is 2.03. The molecule has 2 nitrogen and oxygen atoms in total. The summed E-state index contributed by atoms with van der Waals surface area (Å²) >= 11 is 1.71. The SMILES string of the molecule is COc1ccc(Sc2cccc(N)c2)c(C)c1. The number of anilines is 1. The van der Waals surface area contributed by atoms with Crippen LogP contribution in [0.25, 0.3) is 0 Å². The summed E-state index contributed by atoms with van der Waals surface area (Å²) in [5, 5.41) is 0. The van der Waals surface area contributed by atoms with E-state index in [-0.39, 0.29) is 0 Å². The topological polar surface area (TPSA) is 35.2 Å². The number of ether oxygens (including phenoxy) is 1. The lowest BCUT2D eigenvalue weighted by Crippen LogP contribution is -1.86. The van der Waals surface area contributed by atoms with Crippen molar-refractivity contribution in [2.75, 3.05) is 12.8 Å². The third-order valence-electron chi connectivity index (χ3n) is 2.47. The zero-order valence-corrected chi connectivity index (χ0v) is 10.8. The van der Waals surface area contributed by atoms with E-state index in [4.69, 9.17) is 10.5 Å². The molecule has 0 radical (unpaired) electrons. The Bertz CT molecular complexity index is 525. The molecule has 2 N–H and O–H groups in total. The van der Waals surface area contributed by atoms with Crippen LogP contribution in [0.15, 0.2) is 52.3 Å². The van der Waals surface area contributed by atoms with E-state index in [1.807, 2.05) is 30.3 Å². The zero-order valence-electron chi connectivity index (χ0n) is 9.94. The van der Waals surface area contributed by atoms with Crippen LogP contribution in [0, 0.1) is 6.92 Å². The van der Waals surface area contributed by atoms with Gasteiger partial charge in [-0.15, -0.1) is 0 Å². The van der Waals surface area contributed by atoms with E-state index >= 15 is 0 Å². The molecule has 2 aromatic rings. The fourth-order valence-corrected chi connectivity index (χ4v) is 2.52. The van der Waals surface area contributed by atoms with Gasteiger partial charge >= 0.3 is 0 Å². The van der Waals surface area contributed by atoms with Crippen LogP contribution < -0.4 is 10.5 Å². The summed E-state index contributed by atoms with van der Waals surface area (Å²) in [4.78, 5) is 2.37. The highest BCUT2D eigenvalue weighted by atomic mass is 32.2. The number of hydrogen-bond acceptors (Lipinski definition) is 3. The van der Waals surface area contributed by atoms with E-state index in [1.54, 1.807) is 18.9 Å². The fraction of sp³-hybridized carbons (Fsp3) is 0.143. The van der Waals surface area contributed by atoms with Gasteiger partial charge in [-0.1, -0.05) is 17.8 Å². The summed E-state index contributed by atoms with van der Waals surface area (Å²) in [5.74, 6) is 0.888. The van der Waals surface area contributed by atoms with Crippen molar-refractivity contribution in [1.29, 1.82) is 0 Å². The van der Waals surface area contributed by atoms with Gasteiger partial charge in [-0.2, -0.15) is 0 Å². The van der Waals surface area contributed by atoms with Gasteiger partial charge in [0.1, 0.15) is 5.75 Å². The van der Waals surface area contributed by atoms with Crippen LogP contribution in [-0.2, 0) is 0 Å². The molecule has 0 aliphatic rings. The number of rotatable bonds is 3. The Kier molecular flexibility index (Phi) is 3.59. The van der Waals surface area contributed by atoms with Crippen LogP contribution in [0.1, 0.15) is 5.56 Å². The molecule has 17 heavy (non-hydrogen) atoms. The smallest absolute Gasteiger partial charge is 0.119 e. The highest BCUT2D eigenvalue weighted by Crippen LogP contribution is 2.32. The van der Waals surface area contributed by atoms with Crippen LogP contribution in [0.3, 0.4) is 0 Å². The maximum absolute atomic E-state index is 5.76. The first-order chi connectivity index (χ1) is 8.19. The molecule has 0 unspecified atom stereocenters. The van der Waals surface area contributed by atoms with Crippen molar-refractivity contribution in [3.63, 3.8) is 0 Å². The molecule has 3 heteroatoms. The van der Waals surface area contributed by atoms with Gasteiger partial charge < -0.3 is 10.5 Å². The molecular formula is C14H15NOS. The molecule has 0 aromatic heterocycles. The van der Waals surface area contributed by atoms with Crippen molar-refractivity contribution in [3.8, 4) is 5.75 Å². The van der Waals surface area contributed by atoms with Gasteiger partial charge in [0.05, 0.1) is 7.11 Å². The summed E-state index contributed by atoms with van der Waals surface area (Å²) in [7, 11) is 1.68. The monoisotopic (exact) mass is 245 g/mol. The number of hydrogen-bond donors (Lipinski definition) is 1. The quantitative estimate of drug-likeness (QED) is 0.837. The minimum Gasteiger partial charge on any atom is -0.497 e. The van der Waals surface area contributed by atoms with Crippen LogP contribution in [0.4, 0.5) is 5.69 Å². The Morgan fingerprint density at radius 1 is 1.12 bits per heavy atom. The van der Waals surface area contributed by atoms with Gasteiger partial charge in [-0.3, -0.25) is 0 Å². The molecule has 0 aliphatic heterocycles. The van der Waals surface area contributed by atoms with Gasteiger partial charge in [0.2, 0.25) is 0 Å². The van der Waals surface area contributed by atoms with Crippen molar-refractivity contribution in [2.45, 2.75) is 16.7 Å². The summed E-state index contributed by atoms with van der Waals surface area (Å²) in [5.41, 5.74) is 7.76. The van der Waals surface area contributed by atoms with Gasteiger partial charge in [-0.05, 0) is 48.9 Å². The van der Waals surface area contributed by atoms with E-state index in [1.165, 1.54) is 10.5 Å². The fourth-order valence-electron chi connectivity index (χ4n) is 1.57. The molecule has 2 aromatic carbocycles. The molecule has 0 amide bonds. The summed E-state index contributed by atoms with van der Waals surface area (Å²) < 4.78 is 5.19. The van der Waals surface area contributed by atoms with Crippen LogP contribution >= 0.6 is 11.8 Å². The van der Waals surface area contributed by atoms with Crippen LogP contribution in [-0.4, -0.2) is 7.11 Å². The average molecular weight is 245 g/mol. The molecule has 0 aliphatic carbocycles. The average Bonchev–Trinajstić information content (AvgIpc) is 2.32. The van der Waals surface area contributed by atoms with Gasteiger partial charge in [0, 0.05) is 15.5 Å². The molecule has 0 saturated heterocycles. The van der Waals surface area contributed by atoms with Gasteiger partial charge in [0.15, 0.2) is 0 Å². The van der Waals surface area contributed by atoms with Crippen molar-refractivity contribution in [1.82, 2.24) is 0 Å². The molecule has 0 fully saturated rings. The summed E-state index contributed by atoms with van der Waals surface area (Å²) in [6, 6.07) is 14.0. The first-order valence-corrected chi connectivity index (χ1v) is 6.19. The second-order valence-corrected chi connectivity index (χ2v) is 4.92. The molecule has 0 spiro atoms. The minimum atomic E-state index is 0.793. The molecular weight excluding hydrogens is 230 g/mol. The highest BCUT2D eigenvalue weighted by molar-refractivity contribution is 7.99. The molecule has 0 atom stereocenters. The lowest BCUT2D eigenvalue weighted by Gasteiger charge is -2.08. The number of methoxy groups -OCH3 is 1. The van der Waals surface area contributed by atoms with Crippen molar-refractivity contribution in [3.05, 3.63) is 48.0 Å². The third kappa shape index (κ3) is 2.94. The molecule has 2 rings (SSSR count). The first-order valence-electron chi connectivity index (χ1n) is 5.37. The molecule has 0 saturated carbocycles. The van der Waals surface area contributed by atoms with Crippen molar-refractivity contribution < 1.29 is 4.74 Å². The Morgan fingerprint density at radius 2 is 1.94 bits per heavy atom. The Hall–Kier alpha value is -1.61. The minimum absolute atomic E-state index is 0.793. The second-order valence-electron chi connectivity index (χ2n) is 3.81. The summed E-state index contributed by atoms with van der Waals surface area (Å²) in [6.45, 7) is 2.08. The predicted octanol–water partition coefficient (Wildman–Crippen LogP) is 3.74. The van der Waals surface area contributed by atoms with Gasteiger partial charge in [-0.25, -0.2) is 0 Å². The van der Waals surface area contributed by atoms with Crippen LogP contribution in [0.2, 0.25) is 0 Å². The Balaban J connectivity index is 2.24. The maximum Gasteiger partial charge on any atom is 0.119 e. The number of nitrogen functional groups attached to an aromatic ring is 1. The lowest BCUT2D eigenvalue weighted by molar-refractivity contribution is 0.414. The number of aryl methyl sites for hydroxylation is 1. The van der Waals surface area contributed by atoms with E-state index in [2.05, 4.69) is 19.1 Å². The third-order valence-corrected chi connectivity index (χ3v) is 3.64. The van der Waals surface area contributed by atoms with E-state index in [0.29, 0.717) is 0 Å². The second kappa shape index (κ2) is 5.15. The maximum atomic E-state index is 5.76. The largest absolute Gasteiger partial charge is 0.497 e. The standard InChI is InChI=1S/C14H15NOS/c1-10-8-12(16-2)6-7-14(10)17-13-5-3-4-11(15)9-13/h3-9H,15H2,1-2H3. The molecule has 0 heterocycles. The van der Waals surface area contributed by atoms with Crippen LogP contribution in [0.5, 0.6) is 5.75 Å². The Labute approximate surface area is 106 Å². The summed E-state index contributed by atoms with van der Waals surface area (Å²) in [6.07, 6.45) is 0. The predicted molar refractivity (Wildman–Crippen MR) is 72.7 cm³/mol. The number of nitrogens with two attached hydrogens (primary N) is 1. The van der Waals surface area contributed by atoms with Crippen molar-refractivity contribution >= 4 is 17.4 Å². The van der Waals surface area contributed by atoms with E-state index in [0.717, 1.165) is 16.3 Å². The zero-order chi connectivity index (χ0) is 12.3. The van der Waals surface area contributed by atoms with E-state index < -0.39 is 0 Å². The molecule has 88 valence electrons. The first kappa shape index (κ1) is 11.9. The van der Waals surface area contributed by atoms with Crippen molar-refractivity contribution in [2.24, 2.45) is 0 Å².